The van der Waals surface area contributed by atoms with Crippen LogP contribution < -0.4 is 5.32 Å². The maximum Gasteiger partial charge on any atom is 0.472 e. The summed E-state index contributed by atoms with van der Waals surface area (Å²) in [5, 5.41) is 1.64. The highest BCUT2D eigenvalue weighted by Crippen LogP contribution is 2.48. The van der Waals surface area contributed by atoms with E-state index in [9.17, 15) is 48.7 Å². The highest BCUT2D eigenvalue weighted by Gasteiger charge is 2.77. The zero-order valence-electron chi connectivity index (χ0n) is 13.2. The Bertz CT molecular complexity index is 856. The molecule has 0 aliphatic carbocycles. The van der Waals surface area contributed by atoms with Crippen molar-refractivity contribution in [3.8, 4) is 0 Å². The van der Waals surface area contributed by atoms with Crippen molar-refractivity contribution in [3.63, 3.8) is 0 Å². The molecule has 0 aromatic heterocycles. The number of hydrogen-bond acceptors (Lipinski definition) is 2. The van der Waals surface area contributed by atoms with E-state index in [2.05, 4.69) is 0 Å². The Morgan fingerprint density at radius 2 is 1.25 bits per heavy atom. The van der Waals surface area contributed by atoms with Gasteiger partial charge in [0.05, 0.1) is 0 Å². The number of amides is 1. The molecule has 0 bridgehead atoms. The van der Waals surface area contributed by atoms with Crippen LogP contribution in [0.3, 0.4) is 0 Å². The fourth-order valence-corrected chi connectivity index (χ4v) is 2.27. The first-order valence-electron chi connectivity index (χ1n) is 7.09. The monoisotopic (exact) mass is 422 g/mol. The van der Waals surface area contributed by atoms with Gasteiger partial charge < -0.3 is 5.32 Å². The Kier molecular flexibility index (Phi) is 5.27. The second kappa shape index (κ2) is 6.79. The number of carbonyl (C=O) groups is 1. The standard InChI is InChI=1S/C15H8F10N2O/c16-12(17,13(18,19)27(14(20,21)22)15(23,24)25)11(28)26-10-7-3-5-8-4-1-2-6-9(8)10/h1-7H,(H,26,28). The Morgan fingerprint density at radius 1 is 0.750 bits per heavy atom. The van der Waals surface area contributed by atoms with Crippen molar-refractivity contribution >= 4 is 22.4 Å². The van der Waals surface area contributed by atoms with Gasteiger partial charge in [-0.3, -0.25) is 4.79 Å². The summed E-state index contributed by atoms with van der Waals surface area (Å²) in [5.41, 5.74) is -0.510. The Balaban J connectivity index is 2.45. The second-order valence-electron chi connectivity index (χ2n) is 5.37. The van der Waals surface area contributed by atoms with Crippen LogP contribution in [0.15, 0.2) is 42.5 Å². The minimum Gasteiger partial charge on any atom is -0.320 e. The summed E-state index contributed by atoms with van der Waals surface area (Å²) in [6.45, 7) is 0. The van der Waals surface area contributed by atoms with Crippen LogP contribution in [-0.2, 0) is 4.79 Å². The summed E-state index contributed by atoms with van der Waals surface area (Å²) >= 11 is 0. The number of nitrogens with zero attached hydrogens (tertiary/aromatic N) is 1. The third kappa shape index (κ3) is 3.84. The van der Waals surface area contributed by atoms with Crippen LogP contribution in [0.5, 0.6) is 0 Å². The molecule has 2 aromatic rings. The molecule has 0 heterocycles. The number of anilines is 1. The molecule has 0 fully saturated rings. The van der Waals surface area contributed by atoms with E-state index >= 15 is 0 Å². The largest absolute Gasteiger partial charge is 0.472 e. The number of benzene rings is 2. The average Bonchev–Trinajstić information content (AvgIpc) is 2.51. The molecule has 28 heavy (non-hydrogen) atoms. The van der Waals surface area contributed by atoms with Gasteiger partial charge in [-0.2, -0.15) is 43.9 Å². The number of halogens is 10. The van der Waals surface area contributed by atoms with E-state index < -0.39 is 41.1 Å². The molecule has 0 atom stereocenters. The Morgan fingerprint density at radius 3 is 1.79 bits per heavy atom. The molecule has 0 radical (unpaired) electrons. The van der Waals surface area contributed by atoms with Crippen LogP contribution >= 0.6 is 0 Å². The molecule has 2 rings (SSSR count). The third-order valence-corrected chi connectivity index (χ3v) is 3.49. The van der Waals surface area contributed by atoms with Gasteiger partial charge in [0.1, 0.15) is 0 Å². The minimum absolute atomic E-state index is 0.0426. The Labute approximate surface area is 149 Å². The molecule has 1 N–H and O–H groups in total. The summed E-state index contributed by atoms with van der Waals surface area (Å²) in [7, 11) is 0. The summed E-state index contributed by atoms with van der Waals surface area (Å²) in [6, 6.07) is 2.21. The maximum absolute atomic E-state index is 13.8. The minimum atomic E-state index is -6.96. The molecular formula is C15H8F10N2O. The predicted octanol–water partition coefficient (Wildman–Crippen LogP) is 5.35. The van der Waals surface area contributed by atoms with E-state index in [-0.39, 0.29) is 5.39 Å². The van der Waals surface area contributed by atoms with Gasteiger partial charge >= 0.3 is 30.5 Å². The normalized spacial score (nSPS) is 13.8. The van der Waals surface area contributed by atoms with E-state index in [0.717, 1.165) is 6.07 Å². The number of fused-ring (bicyclic) bond motifs is 1. The summed E-state index contributed by atoms with van der Waals surface area (Å²) < 4.78 is 129. The van der Waals surface area contributed by atoms with Gasteiger partial charge in [0.2, 0.25) is 0 Å². The molecule has 13 heteroatoms. The van der Waals surface area contributed by atoms with Crippen molar-refractivity contribution in [2.45, 2.75) is 24.6 Å². The van der Waals surface area contributed by atoms with Crippen molar-refractivity contribution < 1.29 is 48.7 Å². The third-order valence-electron chi connectivity index (χ3n) is 3.49. The van der Waals surface area contributed by atoms with Gasteiger partial charge in [0.25, 0.3) is 0 Å². The molecule has 3 nitrogen and oxygen atoms in total. The highest BCUT2D eigenvalue weighted by atomic mass is 19.4. The lowest BCUT2D eigenvalue weighted by Gasteiger charge is -2.36. The lowest BCUT2D eigenvalue weighted by molar-refractivity contribution is -0.462. The highest BCUT2D eigenvalue weighted by molar-refractivity contribution is 6.04. The molecule has 1 amide bonds. The molecule has 0 saturated carbocycles. The van der Waals surface area contributed by atoms with Crippen LogP contribution in [0.25, 0.3) is 10.8 Å². The molecule has 0 unspecified atom stereocenters. The van der Waals surface area contributed by atoms with Crippen molar-refractivity contribution in [2.24, 2.45) is 0 Å². The van der Waals surface area contributed by atoms with Gasteiger partial charge in [-0.25, -0.2) is 0 Å². The fraction of sp³-hybridized carbons (Fsp3) is 0.267. The topological polar surface area (TPSA) is 32.3 Å². The zero-order chi connectivity index (χ0) is 21.5. The van der Waals surface area contributed by atoms with E-state index in [1.807, 2.05) is 0 Å². The summed E-state index contributed by atoms with van der Waals surface area (Å²) in [5.74, 6) is -9.44. The van der Waals surface area contributed by atoms with Gasteiger partial charge in [-0.05, 0) is 11.5 Å². The van der Waals surface area contributed by atoms with Crippen molar-refractivity contribution in [1.82, 2.24) is 4.90 Å². The van der Waals surface area contributed by atoms with Crippen LogP contribution in [0.1, 0.15) is 0 Å². The SMILES string of the molecule is O=C(Nc1cccc2ccccc12)C(F)(F)C(F)(F)N(C(F)(F)F)C(F)(F)F. The number of carbonyl (C=O) groups excluding carboxylic acids is 1. The lowest BCUT2D eigenvalue weighted by Crippen LogP contribution is -2.67. The van der Waals surface area contributed by atoms with Crippen LogP contribution in [0, 0.1) is 0 Å². The number of nitrogens with one attached hydrogen (secondary N) is 1. The molecule has 154 valence electrons. The molecule has 0 aliphatic rings. The van der Waals surface area contributed by atoms with E-state index in [4.69, 9.17) is 0 Å². The van der Waals surface area contributed by atoms with Crippen LogP contribution in [0.4, 0.5) is 49.6 Å². The van der Waals surface area contributed by atoms with Gasteiger partial charge in [-0.1, -0.05) is 41.3 Å². The first kappa shape index (κ1) is 21.7. The Hall–Kier alpha value is -2.57. The molecule has 2 aromatic carbocycles. The van der Waals surface area contributed by atoms with Gasteiger partial charge in [-0.15, -0.1) is 0 Å². The molecule has 0 spiro atoms. The molecule has 0 saturated heterocycles. The van der Waals surface area contributed by atoms with Crippen LogP contribution in [0.2, 0.25) is 0 Å². The maximum atomic E-state index is 13.8. The second-order valence-corrected chi connectivity index (χ2v) is 5.37. The van der Waals surface area contributed by atoms with Gasteiger partial charge in [0, 0.05) is 11.1 Å². The first-order chi connectivity index (χ1) is 12.6. The number of alkyl halides is 10. The van der Waals surface area contributed by atoms with E-state index in [1.165, 1.54) is 41.7 Å². The molecular weight excluding hydrogens is 414 g/mol. The zero-order valence-corrected chi connectivity index (χ0v) is 13.2. The van der Waals surface area contributed by atoms with Crippen molar-refractivity contribution in [1.29, 1.82) is 0 Å². The summed E-state index contributed by atoms with van der Waals surface area (Å²) in [6.07, 6.45) is -13.9. The average molecular weight is 422 g/mol. The van der Waals surface area contributed by atoms with Gasteiger partial charge in [0.15, 0.2) is 0 Å². The molecule has 0 aliphatic heterocycles. The lowest BCUT2D eigenvalue weighted by atomic mass is 10.1. The van der Waals surface area contributed by atoms with Crippen molar-refractivity contribution in [2.75, 3.05) is 5.32 Å². The first-order valence-corrected chi connectivity index (χ1v) is 7.09. The van der Waals surface area contributed by atoms with Crippen molar-refractivity contribution in [3.05, 3.63) is 42.5 Å². The van der Waals surface area contributed by atoms with Crippen LogP contribution in [-0.4, -0.2) is 35.4 Å². The number of rotatable bonds is 4. The van der Waals surface area contributed by atoms with E-state index in [1.54, 1.807) is 0 Å². The summed E-state index contributed by atoms with van der Waals surface area (Å²) in [4.78, 5) is 7.97. The van der Waals surface area contributed by atoms with E-state index in [0.29, 0.717) is 5.39 Å². The fourth-order valence-electron chi connectivity index (χ4n) is 2.27. The predicted molar refractivity (Wildman–Crippen MR) is 76.4 cm³/mol. The quantitative estimate of drug-likeness (QED) is 0.533. The smallest absolute Gasteiger partial charge is 0.320 e. The number of hydrogen-bond donors (Lipinski definition) is 1.